The first-order valence-corrected chi connectivity index (χ1v) is 10.4. The van der Waals surface area contributed by atoms with Crippen LogP contribution in [0.1, 0.15) is 15.9 Å². The molecule has 0 aliphatic heterocycles. The average Bonchev–Trinajstić information content (AvgIpc) is 2.72. The second-order valence-corrected chi connectivity index (χ2v) is 8.23. The Morgan fingerprint density at radius 2 is 1.71 bits per heavy atom. The van der Waals surface area contributed by atoms with Crippen molar-refractivity contribution in [1.29, 1.82) is 0 Å². The first-order valence-electron chi connectivity index (χ1n) is 8.52. The van der Waals surface area contributed by atoms with E-state index in [0.717, 1.165) is 17.5 Å². The maximum Gasteiger partial charge on any atom is 0.258 e. The van der Waals surface area contributed by atoms with Crippen molar-refractivity contribution in [2.24, 2.45) is 0 Å². The van der Waals surface area contributed by atoms with E-state index in [0.29, 0.717) is 17.9 Å². The molecule has 0 aliphatic rings. The molecule has 7 nitrogen and oxygen atoms in total. The molecule has 3 aromatic rings. The minimum Gasteiger partial charge on any atom is -0.365 e. The fourth-order valence-corrected chi connectivity index (χ4v) is 3.45. The summed E-state index contributed by atoms with van der Waals surface area (Å²) in [5.74, 6) is 0.193. The van der Waals surface area contributed by atoms with Gasteiger partial charge < -0.3 is 10.2 Å². The molecule has 1 aromatic carbocycles. The number of sulfone groups is 1. The zero-order chi connectivity index (χ0) is 20.1. The first kappa shape index (κ1) is 19.5. The lowest BCUT2D eigenvalue weighted by atomic mass is 10.1. The van der Waals surface area contributed by atoms with Crippen LogP contribution in [0.4, 0.5) is 11.5 Å². The molecule has 0 aliphatic carbocycles. The molecule has 0 unspecified atom stereocenters. The Kier molecular flexibility index (Phi) is 5.70. The Balaban J connectivity index is 1.70. The second kappa shape index (κ2) is 8.18. The van der Waals surface area contributed by atoms with Gasteiger partial charge in [0.15, 0.2) is 9.84 Å². The van der Waals surface area contributed by atoms with Crippen LogP contribution < -0.4 is 10.2 Å². The predicted octanol–water partition coefficient (Wildman–Crippen LogP) is 2.77. The summed E-state index contributed by atoms with van der Waals surface area (Å²) >= 11 is 0. The van der Waals surface area contributed by atoms with Crippen molar-refractivity contribution in [1.82, 2.24) is 9.97 Å². The smallest absolute Gasteiger partial charge is 0.258 e. The number of rotatable bonds is 6. The number of benzene rings is 1. The van der Waals surface area contributed by atoms with Gasteiger partial charge in [-0.2, -0.15) is 0 Å². The molecule has 0 bridgehead atoms. The summed E-state index contributed by atoms with van der Waals surface area (Å²) < 4.78 is 23.7. The van der Waals surface area contributed by atoms with Gasteiger partial charge in [0.2, 0.25) is 0 Å². The van der Waals surface area contributed by atoms with E-state index in [2.05, 4.69) is 15.3 Å². The van der Waals surface area contributed by atoms with Crippen LogP contribution in [0.15, 0.2) is 72.0 Å². The largest absolute Gasteiger partial charge is 0.365 e. The highest BCUT2D eigenvalue weighted by Gasteiger charge is 2.15. The van der Waals surface area contributed by atoms with Gasteiger partial charge in [0.1, 0.15) is 10.7 Å². The molecule has 3 rings (SSSR count). The molecule has 2 aromatic heterocycles. The third-order valence-corrected chi connectivity index (χ3v) is 5.31. The summed E-state index contributed by atoms with van der Waals surface area (Å²) in [7, 11) is -1.65. The average molecular weight is 396 g/mol. The number of hydrogen-bond acceptors (Lipinski definition) is 6. The van der Waals surface area contributed by atoms with Gasteiger partial charge in [-0.05, 0) is 42.0 Å². The molecule has 1 amide bonds. The maximum absolute atomic E-state index is 12.5. The molecule has 2 heterocycles. The van der Waals surface area contributed by atoms with Gasteiger partial charge in [0.05, 0.1) is 0 Å². The Morgan fingerprint density at radius 1 is 1.04 bits per heavy atom. The van der Waals surface area contributed by atoms with Crippen molar-refractivity contribution in [3.8, 4) is 0 Å². The van der Waals surface area contributed by atoms with Crippen molar-refractivity contribution in [2.45, 2.75) is 11.4 Å². The number of carbonyl (C=O) groups is 1. The molecule has 0 saturated heterocycles. The van der Waals surface area contributed by atoms with Gasteiger partial charge in [-0.15, -0.1) is 0 Å². The number of aromatic nitrogens is 2. The minimum atomic E-state index is -3.37. The first-order chi connectivity index (χ1) is 13.4. The van der Waals surface area contributed by atoms with E-state index in [-0.39, 0.29) is 10.8 Å². The quantitative estimate of drug-likeness (QED) is 0.689. The molecule has 1 N–H and O–H groups in total. The maximum atomic E-state index is 12.5. The summed E-state index contributed by atoms with van der Waals surface area (Å²) in [6.45, 7) is 0.405. The fraction of sp³-hybridized carbons (Fsp3) is 0.150. The topological polar surface area (TPSA) is 92.3 Å². The molecule has 8 heteroatoms. The summed E-state index contributed by atoms with van der Waals surface area (Å²) in [5.41, 5.74) is 2.24. The molecule has 28 heavy (non-hydrogen) atoms. The van der Waals surface area contributed by atoms with Crippen LogP contribution >= 0.6 is 0 Å². The van der Waals surface area contributed by atoms with Crippen LogP contribution in [0.3, 0.4) is 0 Å². The molecule has 0 atom stereocenters. The van der Waals surface area contributed by atoms with E-state index in [9.17, 15) is 13.2 Å². The highest BCUT2D eigenvalue weighted by Crippen LogP contribution is 2.20. The van der Waals surface area contributed by atoms with Gasteiger partial charge in [0, 0.05) is 49.7 Å². The van der Waals surface area contributed by atoms with Gasteiger partial charge >= 0.3 is 0 Å². The molecule has 0 radical (unpaired) electrons. The van der Waals surface area contributed by atoms with E-state index >= 15 is 0 Å². The number of anilines is 2. The van der Waals surface area contributed by atoms with E-state index in [4.69, 9.17) is 0 Å². The number of pyridine rings is 2. The Hall–Kier alpha value is -3.26. The fourth-order valence-electron chi connectivity index (χ4n) is 2.65. The van der Waals surface area contributed by atoms with E-state index < -0.39 is 9.84 Å². The van der Waals surface area contributed by atoms with Crippen LogP contribution in [-0.2, 0) is 16.4 Å². The predicted molar refractivity (Wildman–Crippen MR) is 108 cm³/mol. The summed E-state index contributed by atoms with van der Waals surface area (Å²) in [5, 5.41) is 3.06. The number of carbonyl (C=O) groups excluding carboxylic acids is 1. The van der Waals surface area contributed by atoms with Crippen molar-refractivity contribution in [2.75, 3.05) is 23.5 Å². The normalized spacial score (nSPS) is 11.1. The van der Waals surface area contributed by atoms with E-state index in [1.54, 1.807) is 48.7 Å². The summed E-state index contributed by atoms with van der Waals surface area (Å²) in [6, 6.07) is 13.9. The molecule has 144 valence electrons. The van der Waals surface area contributed by atoms with E-state index in [1.165, 1.54) is 6.07 Å². The standard InChI is InChI=1S/C20H20N4O3S/c1-24(20(25)16-9-12-21-13-10-16)17-7-5-15(6-8-17)14-23-19-18(28(2,26)27)4-3-11-22-19/h3-13H,14H2,1-2H3,(H,22,23). The molecule has 0 fully saturated rings. The van der Waals surface area contributed by atoms with E-state index in [1.807, 2.05) is 24.3 Å². The third kappa shape index (κ3) is 4.52. The molecular formula is C20H20N4O3S. The van der Waals surface area contributed by atoms with Crippen LogP contribution in [0.2, 0.25) is 0 Å². The highest BCUT2D eigenvalue weighted by molar-refractivity contribution is 7.90. The number of hydrogen-bond donors (Lipinski definition) is 1. The lowest BCUT2D eigenvalue weighted by Crippen LogP contribution is -2.26. The van der Waals surface area contributed by atoms with Gasteiger partial charge in [0.25, 0.3) is 5.91 Å². The van der Waals surface area contributed by atoms with Gasteiger partial charge in [-0.3, -0.25) is 9.78 Å². The molecule has 0 saturated carbocycles. The van der Waals surface area contributed by atoms with Crippen molar-refractivity contribution < 1.29 is 13.2 Å². The van der Waals surface area contributed by atoms with Gasteiger partial charge in [-0.25, -0.2) is 13.4 Å². The Bertz CT molecular complexity index is 1070. The lowest BCUT2D eigenvalue weighted by Gasteiger charge is -2.18. The number of nitrogens with zero attached hydrogens (tertiary/aromatic N) is 3. The van der Waals surface area contributed by atoms with Crippen molar-refractivity contribution in [3.05, 3.63) is 78.2 Å². The Morgan fingerprint density at radius 3 is 2.36 bits per heavy atom. The number of nitrogens with one attached hydrogen (secondary N) is 1. The van der Waals surface area contributed by atoms with Crippen LogP contribution in [0.25, 0.3) is 0 Å². The van der Waals surface area contributed by atoms with Crippen molar-refractivity contribution in [3.63, 3.8) is 0 Å². The molecule has 0 spiro atoms. The zero-order valence-corrected chi connectivity index (χ0v) is 16.3. The second-order valence-electron chi connectivity index (χ2n) is 6.24. The minimum absolute atomic E-state index is 0.125. The Labute approximate surface area is 164 Å². The third-order valence-electron chi connectivity index (χ3n) is 4.19. The van der Waals surface area contributed by atoms with Crippen LogP contribution in [0, 0.1) is 0 Å². The molecular weight excluding hydrogens is 376 g/mol. The van der Waals surface area contributed by atoms with Crippen LogP contribution in [-0.4, -0.2) is 37.6 Å². The van der Waals surface area contributed by atoms with Crippen LogP contribution in [0.5, 0.6) is 0 Å². The number of amides is 1. The monoisotopic (exact) mass is 396 g/mol. The summed E-state index contributed by atoms with van der Waals surface area (Å²) in [6.07, 6.45) is 5.86. The highest BCUT2D eigenvalue weighted by atomic mass is 32.2. The van der Waals surface area contributed by atoms with Gasteiger partial charge in [-0.1, -0.05) is 12.1 Å². The summed E-state index contributed by atoms with van der Waals surface area (Å²) in [4.78, 5) is 22.2. The lowest BCUT2D eigenvalue weighted by molar-refractivity contribution is 0.0993. The SMILES string of the molecule is CN(C(=O)c1ccncc1)c1ccc(CNc2ncccc2S(C)(=O)=O)cc1. The zero-order valence-electron chi connectivity index (χ0n) is 15.5. The van der Waals surface area contributed by atoms with Crippen molar-refractivity contribution >= 4 is 27.2 Å².